The van der Waals surface area contributed by atoms with Crippen LogP contribution in [0.1, 0.15) is 10.6 Å². The third-order valence-electron chi connectivity index (χ3n) is 1.75. The van der Waals surface area contributed by atoms with Crippen LogP contribution in [-0.2, 0) is 16.0 Å². The predicted octanol–water partition coefficient (Wildman–Crippen LogP) is 1.81. The molecule has 1 amide bonds. The first kappa shape index (κ1) is 13.2. The van der Waals surface area contributed by atoms with Crippen molar-refractivity contribution in [2.24, 2.45) is 0 Å². The number of carboxylic acid groups (broad SMARTS) is 1. The number of carbonyl (C=O) groups is 2. The molecule has 2 N–H and O–H groups in total. The van der Waals surface area contributed by atoms with Gasteiger partial charge in [0.15, 0.2) is 5.13 Å². The predicted molar refractivity (Wildman–Crippen MR) is 63.4 cm³/mol. The second-order valence-electron chi connectivity index (χ2n) is 3.10. The Hall–Kier alpha value is -1.89. The van der Waals surface area contributed by atoms with Gasteiger partial charge in [-0.3, -0.25) is 10.1 Å². The molecule has 0 fully saturated rings. The molecule has 7 heteroatoms. The number of amides is 1. The van der Waals surface area contributed by atoms with Crippen molar-refractivity contribution in [2.75, 3.05) is 11.9 Å². The van der Waals surface area contributed by atoms with Crippen LogP contribution in [0.3, 0.4) is 0 Å². The molecule has 0 radical (unpaired) electrons. The Labute approximate surface area is 102 Å². The molecule has 1 aromatic heterocycles. The van der Waals surface area contributed by atoms with E-state index in [4.69, 9.17) is 9.84 Å². The fraction of sp³-hybridized carbons (Fsp3) is 0.300. The number of aliphatic carboxylic acids is 1. The summed E-state index contributed by atoms with van der Waals surface area (Å²) < 4.78 is 4.71. The Bertz CT molecular complexity index is 442. The number of nitrogens with one attached hydrogen (secondary N) is 1. The summed E-state index contributed by atoms with van der Waals surface area (Å²) in [6.45, 7) is 5.26. The van der Waals surface area contributed by atoms with Crippen LogP contribution in [0.2, 0.25) is 0 Å². The summed E-state index contributed by atoms with van der Waals surface area (Å²) in [5.74, 6) is -0.959. The SMILES string of the molecule is C=CCOC(=O)Nc1nc(CC(=O)O)c(C)s1. The highest BCUT2D eigenvalue weighted by Crippen LogP contribution is 2.22. The maximum Gasteiger partial charge on any atom is 0.413 e. The average Bonchev–Trinajstić information content (AvgIpc) is 2.55. The van der Waals surface area contributed by atoms with E-state index in [1.54, 1.807) is 6.92 Å². The third-order valence-corrected chi connectivity index (χ3v) is 2.68. The molecule has 0 saturated heterocycles. The molecule has 6 nitrogen and oxygen atoms in total. The minimum Gasteiger partial charge on any atom is -0.481 e. The van der Waals surface area contributed by atoms with Crippen molar-refractivity contribution in [3.05, 3.63) is 23.2 Å². The van der Waals surface area contributed by atoms with Gasteiger partial charge in [0.2, 0.25) is 0 Å². The first-order valence-electron chi connectivity index (χ1n) is 4.75. The Morgan fingerprint density at radius 1 is 1.65 bits per heavy atom. The largest absolute Gasteiger partial charge is 0.481 e. The van der Waals surface area contributed by atoms with Gasteiger partial charge < -0.3 is 9.84 Å². The maximum atomic E-state index is 11.2. The smallest absolute Gasteiger partial charge is 0.413 e. The molecule has 1 heterocycles. The summed E-state index contributed by atoms with van der Waals surface area (Å²) in [6.07, 6.45) is 0.648. The summed E-state index contributed by atoms with van der Waals surface area (Å²) in [5.41, 5.74) is 0.446. The first-order valence-corrected chi connectivity index (χ1v) is 5.57. The number of anilines is 1. The van der Waals surface area contributed by atoms with Gasteiger partial charge in [-0.2, -0.15) is 0 Å². The molecule has 0 aliphatic heterocycles. The molecule has 1 aromatic rings. The molecular formula is C10H12N2O4S. The van der Waals surface area contributed by atoms with E-state index in [0.29, 0.717) is 10.8 Å². The van der Waals surface area contributed by atoms with Gasteiger partial charge in [-0.25, -0.2) is 9.78 Å². The number of aromatic nitrogens is 1. The topological polar surface area (TPSA) is 88.5 Å². The number of hydrogen-bond acceptors (Lipinski definition) is 5. The van der Waals surface area contributed by atoms with Crippen LogP contribution < -0.4 is 5.32 Å². The Kier molecular flexibility index (Phi) is 4.65. The number of hydrogen-bond donors (Lipinski definition) is 2. The van der Waals surface area contributed by atoms with Crippen LogP contribution >= 0.6 is 11.3 Å². The van der Waals surface area contributed by atoms with Crippen molar-refractivity contribution in [1.29, 1.82) is 0 Å². The van der Waals surface area contributed by atoms with E-state index in [-0.39, 0.29) is 13.0 Å². The highest BCUT2D eigenvalue weighted by atomic mass is 32.1. The van der Waals surface area contributed by atoms with Crippen LogP contribution in [0, 0.1) is 6.92 Å². The fourth-order valence-corrected chi connectivity index (χ4v) is 1.86. The number of nitrogens with zero attached hydrogens (tertiary/aromatic N) is 1. The lowest BCUT2D eigenvalue weighted by Gasteiger charge is -2.00. The highest BCUT2D eigenvalue weighted by Gasteiger charge is 2.12. The van der Waals surface area contributed by atoms with Crippen molar-refractivity contribution in [1.82, 2.24) is 4.98 Å². The number of rotatable bonds is 5. The molecule has 0 unspecified atom stereocenters. The van der Waals surface area contributed by atoms with E-state index in [1.165, 1.54) is 17.4 Å². The van der Waals surface area contributed by atoms with Gasteiger partial charge in [-0.05, 0) is 6.92 Å². The second-order valence-corrected chi connectivity index (χ2v) is 4.31. The molecule has 0 aliphatic carbocycles. The Balaban J connectivity index is 2.63. The van der Waals surface area contributed by atoms with E-state index in [9.17, 15) is 9.59 Å². The number of aryl methyl sites for hydroxylation is 1. The van der Waals surface area contributed by atoms with Crippen molar-refractivity contribution < 1.29 is 19.4 Å². The molecular weight excluding hydrogens is 244 g/mol. The number of ether oxygens (including phenoxy) is 1. The Morgan fingerprint density at radius 3 is 2.94 bits per heavy atom. The van der Waals surface area contributed by atoms with Gasteiger partial charge in [0, 0.05) is 4.88 Å². The molecule has 0 saturated carbocycles. The van der Waals surface area contributed by atoms with E-state index >= 15 is 0 Å². The molecule has 0 aliphatic rings. The van der Waals surface area contributed by atoms with Gasteiger partial charge >= 0.3 is 12.1 Å². The van der Waals surface area contributed by atoms with Crippen LogP contribution in [0.15, 0.2) is 12.7 Å². The molecule has 92 valence electrons. The first-order chi connectivity index (χ1) is 8.02. The zero-order valence-corrected chi connectivity index (χ0v) is 10.0. The molecule has 0 spiro atoms. The fourth-order valence-electron chi connectivity index (χ4n) is 1.05. The minimum absolute atomic E-state index is 0.109. The standard InChI is InChI=1S/C10H12N2O4S/c1-3-4-16-10(15)12-9-11-7(5-8(13)14)6(2)17-9/h3H,1,4-5H2,2H3,(H,13,14)(H,11,12,15). The molecule has 0 aromatic carbocycles. The van der Waals surface area contributed by atoms with Crippen molar-refractivity contribution in [2.45, 2.75) is 13.3 Å². The van der Waals surface area contributed by atoms with Crippen LogP contribution in [-0.4, -0.2) is 28.8 Å². The summed E-state index contributed by atoms with van der Waals surface area (Å²) in [4.78, 5) is 26.5. The second kappa shape index (κ2) is 6.00. The summed E-state index contributed by atoms with van der Waals surface area (Å²) in [6, 6.07) is 0. The number of carbonyl (C=O) groups excluding carboxylic acids is 1. The monoisotopic (exact) mass is 256 g/mol. The number of carboxylic acids is 1. The molecule has 0 atom stereocenters. The van der Waals surface area contributed by atoms with Gasteiger partial charge in [-0.1, -0.05) is 12.7 Å². The third kappa shape index (κ3) is 4.23. The number of thiazole rings is 1. The zero-order valence-electron chi connectivity index (χ0n) is 9.23. The van der Waals surface area contributed by atoms with Crippen LogP contribution in [0.5, 0.6) is 0 Å². The average molecular weight is 256 g/mol. The molecule has 1 rings (SSSR count). The quantitative estimate of drug-likeness (QED) is 0.784. The van der Waals surface area contributed by atoms with Crippen LogP contribution in [0.25, 0.3) is 0 Å². The normalized spacial score (nSPS) is 9.71. The summed E-state index contributed by atoms with van der Waals surface area (Å²) in [5, 5.41) is 11.4. The lowest BCUT2D eigenvalue weighted by atomic mass is 10.3. The molecule has 0 bridgehead atoms. The van der Waals surface area contributed by atoms with Gasteiger partial charge in [-0.15, -0.1) is 11.3 Å². The van der Waals surface area contributed by atoms with E-state index in [0.717, 1.165) is 4.88 Å². The van der Waals surface area contributed by atoms with Crippen molar-refractivity contribution in [3.8, 4) is 0 Å². The van der Waals surface area contributed by atoms with Gasteiger partial charge in [0.05, 0.1) is 12.1 Å². The lowest BCUT2D eigenvalue weighted by Crippen LogP contribution is -2.13. The van der Waals surface area contributed by atoms with E-state index in [1.807, 2.05) is 0 Å². The molecule has 17 heavy (non-hydrogen) atoms. The van der Waals surface area contributed by atoms with E-state index in [2.05, 4.69) is 16.9 Å². The van der Waals surface area contributed by atoms with Gasteiger partial charge in [0.25, 0.3) is 0 Å². The van der Waals surface area contributed by atoms with Crippen molar-refractivity contribution >= 4 is 28.5 Å². The zero-order chi connectivity index (χ0) is 12.8. The summed E-state index contributed by atoms with van der Waals surface area (Å²) >= 11 is 1.21. The maximum absolute atomic E-state index is 11.2. The van der Waals surface area contributed by atoms with Gasteiger partial charge in [0.1, 0.15) is 6.61 Å². The summed E-state index contributed by atoms with van der Waals surface area (Å²) in [7, 11) is 0. The van der Waals surface area contributed by atoms with Crippen LogP contribution in [0.4, 0.5) is 9.93 Å². The van der Waals surface area contributed by atoms with E-state index < -0.39 is 12.1 Å². The Morgan fingerprint density at radius 2 is 2.35 bits per heavy atom. The lowest BCUT2D eigenvalue weighted by molar-refractivity contribution is -0.136. The highest BCUT2D eigenvalue weighted by molar-refractivity contribution is 7.15. The van der Waals surface area contributed by atoms with Crippen molar-refractivity contribution in [3.63, 3.8) is 0 Å². The minimum atomic E-state index is -0.959.